The van der Waals surface area contributed by atoms with Crippen LogP contribution >= 0.6 is 0 Å². The molecule has 0 radical (unpaired) electrons. The molecule has 1 nitrogen and oxygen atoms in total. The van der Waals surface area contributed by atoms with Crippen LogP contribution in [0.4, 0.5) is 0 Å². The van der Waals surface area contributed by atoms with Gasteiger partial charge in [-0.25, -0.2) is 0 Å². The Hall–Kier alpha value is -1.32. The molecule has 3 heteroatoms. The second kappa shape index (κ2) is 7.71. The Morgan fingerprint density at radius 3 is 1.04 bits per heavy atom. The summed E-state index contributed by atoms with van der Waals surface area (Å²) in [5.41, 5.74) is 6.33. The van der Waals surface area contributed by atoms with Crippen molar-refractivity contribution < 1.29 is 34.6 Å². The SMILES string of the molecule is Cc1ccccc1[B-](O)(c1ccccc1C)c1ccccc1C.[Na+]. The van der Waals surface area contributed by atoms with Gasteiger partial charge in [0.2, 0.25) is 0 Å². The van der Waals surface area contributed by atoms with E-state index in [9.17, 15) is 5.02 Å². The van der Waals surface area contributed by atoms with Crippen LogP contribution in [0.1, 0.15) is 16.7 Å². The summed E-state index contributed by atoms with van der Waals surface area (Å²) in [6, 6.07) is 24.4. The summed E-state index contributed by atoms with van der Waals surface area (Å²) < 4.78 is 0. The molecule has 0 saturated heterocycles. The van der Waals surface area contributed by atoms with Gasteiger partial charge in [0.15, 0.2) is 6.35 Å². The van der Waals surface area contributed by atoms with Crippen molar-refractivity contribution in [3.63, 3.8) is 0 Å². The van der Waals surface area contributed by atoms with Crippen LogP contribution < -0.4 is 45.9 Å². The van der Waals surface area contributed by atoms with Crippen molar-refractivity contribution in [3.8, 4) is 0 Å². The predicted octanol–water partition coefficient (Wildman–Crippen LogP) is -0.425. The van der Waals surface area contributed by atoms with Crippen LogP contribution in [0.2, 0.25) is 0 Å². The van der Waals surface area contributed by atoms with Crippen molar-refractivity contribution in [1.29, 1.82) is 0 Å². The van der Waals surface area contributed by atoms with Gasteiger partial charge in [-0.05, 0) is 20.8 Å². The molecule has 0 spiro atoms. The normalized spacial score (nSPS) is 11.0. The fourth-order valence-electron chi connectivity index (χ4n) is 3.67. The maximum atomic E-state index is 12.0. The Bertz CT molecular complexity index is 734. The van der Waals surface area contributed by atoms with Gasteiger partial charge in [0.1, 0.15) is 0 Å². The number of benzene rings is 3. The molecule has 0 aliphatic heterocycles. The molecule has 0 bridgehead atoms. The van der Waals surface area contributed by atoms with Gasteiger partial charge in [-0.2, -0.15) is 16.4 Å². The average molecular weight is 324 g/mol. The second-order valence-corrected chi connectivity index (χ2v) is 6.39. The van der Waals surface area contributed by atoms with Gasteiger partial charge < -0.3 is 5.02 Å². The minimum atomic E-state index is -1.99. The van der Waals surface area contributed by atoms with E-state index in [0.29, 0.717) is 0 Å². The van der Waals surface area contributed by atoms with Gasteiger partial charge >= 0.3 is 29.6 Å². The van der Waals surface area contributed by atoms with E-state index in [1.807, 2.05) is 54.6 Å². The molecule has 0 amide bonds. The Morgan fingerprint density at radius 1 is 0.542 bits per heavy atom. The zero-order valence-corrected chi connectivity index (χ0v) is 17.0. The van der Waals surface area contributed by atoms with Crippen LogP contribution in [0, 0.1) is 20.8 Å². The van der Waals surface area contributed by atoms with Crippen molar-refractivity contribution in [2.75, 3.05) is 0 Å². The number of hydrogen-bond acceptors (Lipinski definition) is 1. The maximum Gasteiger partial charge on any atom is 1.00 e. The largest absolute Gasteiger partial charge is 1.00 e. The molecule has 0 aromatic heterocycles. The Balaban J connectivity index is 0.00000208. The first kappa shape index (κ1) is 19.0. The van der Waals surface area contributed by atoms with Crippen LogP contribution in [-0.2, 0) is 0 Å². The zero-order valence-electron chi connectivity index (χ0n) is 15.0. The molecule has 0 aliphatic carbocycles. The molecule has 0 heterocycles. The Kier molecular flexibility index (Phi) is 6.11. The number of hydrogen-bond donors (Lipinski definition) is 1. The third kappa shape index (κ3) is 3.25. The molecule has 116 valence electrons. The molecule has 0 aliphatic rings. The predicted molar refractivity (Wildman–Crippen MR) is 100 cm³/mol. The van der Waals surface area contributed by atoms with Crippen LogP contribution in [0.15, 0.2) is 72.8 Å². The molecule has 3 aromatic rings. The summed E-state index contributed by atoms with van der Waals surface area (Å²) in [6.07, 6.45) is -1.99. The van der Waals surface area contributed by atoms with Gasteiger partial charge in [0.25, 0.3) is 0 Å². The van der Waals surface area contributed by atoms with Gasteiger partial charge in [-0.15, -0.1) is 0 Å². The van der Waals surface area contributed by atoms with Crippen molar-refractivity contribution >= 4 is 22.7 Å². The van der Waals surface area contributed by atoms with Crippen LogP contribution in [-0.4, -0.2) is 11.4 Å². The summed E-state index contributed by atoms with van der Waals surface area (Å²) in [5, 5.41) is 12.0. The van der Waals surface area contributed by atoms with E-state index >= 15 is 0 Å². The molecule has 0 fully saturated rings. The van der Waals surface area contributed by atoms with E-state index in [-0.39, 0.29) is 29.6 Å². The molecule has 0 atom stereocenters. The van der Waals surface area contributed by atoms with E-state index < -0.39 is 6.35 Å². The van der Waals surface area contributed by atoms with Crippen molar-refractivity contribution in [3.05, 3.63) is 89.5 Å². The zero-order chi connectivity index (χ0) is 16.4. The number of rotatable bonds is 3. The first-order chi connectivity index (χ1) is 11.0. The Morgan fingerprint density at radius 2 is 0.792 bits per heavy atom. The van der Waals surface area contributed by atoms with E-state index in [0.717, 1.165) is 33.1 Å². The van der Waals surface area contributed by atoms with Crippen LogP contribution in [0.5, 0.6) is 0 Å². The van der Waals surface area contributed by atoms with E-state index in [2.05, 4.69) is 39.0 Å². The number of aryl methyl sites for hydroxylation is 3. The summed E-state index contributed by atoms with van der Waals surface area (Å²) >= 11 is 0. The van der Waals surface area contributed by atoms with Gasteiger partial charge in [-0.3, -0.25) is 0 Å². The molecule has 24 heavy (non-hydrogen) atoms. The third-order valence-electron chi connectivity index (χ3n) is 4.92. The van der Waals surface area contributed by atoms with Gasteiger partial charge in [0, 0.05) is 0 Å². The van der Waals surface area contributed by atoms with Crippen molar-refractivity contribution in [2.24, 2.45) is 0 Å². The molecule has 0 saturated carbocycles. The monoisotopic (exact) mass is 324 g/mol. The van der Waals surface area contributed by atoms with Crippen molar-refractivity contribution in [2.45, 2.75) is 20.8 Å². The smallest absolute Gasteiger partial charge is 0.594 e. The van der Waals surface area contributed by atoms with Crippen LogP contribution in [0.3, 0.4) is 0 Å². The second-order valence-electron chi connectivity index (χ2n) is 6.39. The summed E-state index contributed by atoms with van der Waals surface area (Å²) in [7, 11) is 0. The fraction of sp³-hybridized carbons (Fsp3) is 0.143. The van der Waals surface area contributed by atoms with Crippen molar-refractivity contribution in [1.82, 2.24) is 0 Å². The molecular formula is C21H22BNaO. The minimum absolute atomic E-state index is 0. The summed E-state index contributed by atoms with van der Waals surface area (Å²) in [6.45, 7) is 6.20. The Labute approximate surface area is 167 Å². The van der Waals surface area contributed by atoms with Gasteiger partial charge in [-0.1, -0.05) is 89.5 Å². The quantitative estimate of drug-likeness (QED) is 0.649. The van der Waals surface area contributed by atoms with E-state index in [4.69, 9.17) is 0 Å². The average Bonchev–Trinajstić information content (AvgIpc) is 2.55. The summed E-state index contributed by atoms with van der Waals surface area (Å²) in [5.74, 6) is 0. The molecular weight excluding hydrogens is 302 g/mol. The van der Waals surface area contributed by atoms with Crippen LogP contribution in [0.25, 0.3) is 0 Å². The third-order valence-corrected chi connectivity index (χ3v) is 4.92. The van der Waals surface area contributed by atoms with Gasteiger partial charge in [0.05, 0.1) is 0 Å². The fourth-order valence-corrected chi connectivity index (χ4v) is 3.67. The molecule has 1 N–H and O–H groups in total. The first-order valence-electron chi connectivity index (χ1n) is 8.11. The topological polar surface area (TPSA) is 20.2 Å². The standard InChI is InChI=1S/C21H22BO.Na/c1-16-10-4-7-13-19(16)22(23,20-14-8-5-11-17(20)2)21-15-9-6-12-18(21)3;/h4-15,23H,1-3H3;/q-1;+1. The summed E-state index contributed by atoms with van der Waals surface area (Å²) in [4.78, 5) is 0. The maximum absolute atomic E-state index is 12.0. The molecule has 0 unspecified atom stereocenters. The minimum Gasteiger partial charge on any atom is -0.594 e. The first-order valence-corrected chi connectivity index (χ1v) is 8.11. The molecule has 3 aromatic carbocycles. The molecule has 3 rings (SSSR count). The van der Waals surface area contributed by atoms with E-state index in [1.54, 1.807) is 0 Å². The van der Waals surface area contributed by atoms with E-state index in [1.165, 1.54) is 0 Å².